The van der Waals surface area contributed by atoms with Crippen LogP contribution in [-0.2, 0) is 13.0 Å². The minimum Gasteiger partial charge on any atom is -0.359 e. The highest BCUT2D eigenvalue weighted by Gasteiger charge is 2.24. The van der Waals surface area contributed by atoms with Crippen LogP contribution in [0.2, 0.25) is 5.02 Å². The molecule has 0 saturated heterocycles. The molecule has 21 heavy (non-hydrogen) atoms. The number of hydrogen-bond donors (Lipinski definition) is 0. The summed E-state index contributed by atoms with van der Waals surface area (Å²) in [5.41, 5.74) is 1.60. The van der Waals surface area contributed by atoms with E-state index in [1.54, 1.807) is 10.9 Å². The topological polar surface area (TPSA) is 62.7 Å². The van der Waals surface area contributed by atoms with E-state index in [2.05, 4.69) is 16.3 Å². The molecule has 0 atom stereocenters. The summed E-state index contributed by atoms with van der Waals surface area (Å²) in [4.78, 5) is 1.97. The highest BCUT2D eigenvalue weighted by atomic mass is 35.5. The van der Waals surface area contributed by atoms with Gasteiger partial charge in [-0.15, -0.1) is 0 Å². The highest BCUT2D eigenvalue weighted by Crippen LogP contribution is 2.31. The lowest BCUT2D eigenvalue weighted by Crippen LogP contribution is -2.21. The van der Waals surface area contributed by atoms with Gasteiger partial charge in [0.15, 0.2) is 11.6 Å². The molecule has 1 aliphatic rings. The lowest BCUT2D eigenvalue weighted by Gasteiger charge is -2.17. The van der Waals surface area contributed by atoms with Crippen LogP contribution in [0.4, 0.5) is 5.82 Å². The van der Waals surface area contributed by atoms with E-state index < -0.39 is 0 Å². The van der Waals surface area contributed by atoms with E-state index in [0.717, 1.165) is 43.9 Å². The Morgan fingerprint density at radius 3 is 2.95 bits per heavy atom. The summed E-state index contributed by atoms with van der Waals surface area (Å²) in [6, 6.07) is 2.18. The van der Waals surface area contributed by atoms with Gasteiger partial charge in [0, 0.05) is 20.1 Å². The first-order chi connectivity index (χ1) is 10.2. The van der Waals surface area contributed by atoms with E-state index in [1.165, 1.54) is 0 Å². The van der Waals surface area contributed by atoms with Crippen molar-refractivity contribution in [2.24, 2.45) is 0 Å². The number of hydrogen-bond acceptors (Lipinski definition) is 4. The second-order valence-electron chi connectivity index (χ2n) is 5.18. The summed E-state index contributed by atoms with van der Waals surface area (Å²) in [7, 11) is 1.93. The Kier molecular flexibility index (Phi) is 3.60. The van der Waals surface area contributed by atoms with Crippen LogP contribution in [0.3, 0.4) is 0 Å². The average Bonchev–Trinajstić information content (AvgIpc) is 3.08. The van der Waals surface area contributed by atoms with Gasteiger partial charge in [-0.25, -0.2) is 0 Å². The minimum atomic E-state index is 0.529. The van der Waals surface area contributed by atoms with Crippen molar-refractivity contribution in [2.75, 3.05) is 18.5 Å². The van der Waals surface area contributed by atoms with Crippen LogP contribution in [0, 0.1) is 11.3 Å². The summed E-state index contributed by atoms with van der Waals surface area (Å²) in [6.07, 6.45) is 4.76. The third-order valence-electron chi connectivity index (χ3n) is 3.91. The summed E-state index contributed by atoms with van der Waals surface area (Å²) < 4.78 is 3.64. The lowest BCUT2D eigenvalue weighted by atomic mass is 10.1. The smallest absolute Gasteiger partial charge is 0.196 e. The van der Waals surface area contributed by atoms with Crippen molar-refractivity contribution >= 4 is 17.4 Å². The molecule has 0 fully saturated rings. The van der Waals surface area contributed by atoms with Crippen LogP contribution in [0.15, 0.2) is 6.20 Å². The van der Waals surface area contributed by atoms with E-state index in [-0.39, 0.29) is 0 Å². The van der Waals surface area contributed by atoms with Gasteiger partial charge in [-0.05, 0) is 26.2 Å². The van der Waals surface area contributed by atoms with E-state index in [9.17, 15) is 5.26 Å². The molecule has 0 saturated carbocycles. The molecule has 0 spiro atoms. The summed E-state index contributed by atoms with van der Waals surface area (Å²) >= 11 is 6.50. The molecule has 2 aromatic heterocycles. The number of nitrogens with zero attached hydrogens (tertiary/aromatic N) is 6. The van der Waals surface area contributed by atoms with Crippen LogP contribution in [0.25, 0.3) is 5.82 Å². The highest BCUT2D eigenvalue weighted by molar-refractivity contribution is 6.32. The Bertz CT molecular complexity index is 708. The molecular formula is C14H17ClN6. The van der Waals surface area contributed by atoms with Gasteiger partial charge in [-0.3, -0.25) is 4.68 Å². The van der Waals surface area contributed by atoms with Crippen molar-refractivity contribution in [3.63, 3.8) is 0 Å². The van der Waals surface area contributed by atoms with Crippen molar-refractivity contribution in [2.45, 2.75) is 32.7 Å². The predicted octanol–water partition coefficient (Wildman–Crippen LogP) is 2.39. The standard InChI is InChI=1S/C14H17ClN6/c1-3-19(2)14-10(8-16)9-17-21(14)13-12(15)11-6-4-5-7-20(11)18-13/h9H,3-7H2,1-2H3. The van der Waals surface area contributed by atoms with Crippen molar-refractivity contribution in [1.82, 2.24) is 19.6 Å². The molecule has 0 bridgehead atoms. The predicted molar refractivity (Wildman–Crippen MR) is 81.0 cm³/mol. The summed E-state index contributed by atoms with van der Waals surface area (Å²) in [6.45, 7) is 3.68. The molecular weight excluding hydrogens is 288 g/mol. The van der Waals surface area contributed by atoms with Gasteiger partial charge < -0.3 is 4.90 Å². The molecule has 1 aliphatic heterocycles. The van der Waals surface area contributed by atoms with Crippen LogP contribution in [-0.4, -0.2) is 33.2 Å². The number of rotatable bonds is 3. The molecule has 110 valence electrons. The maximum atomic E-state index is 9.27. The van der Waals surface area contributed by atoms with Crippen molar-refractivity contribution in [1.29, 1.82) is 5.26 Å². The largest absolute Gasteiger partial charge is 0.359 e. The van der Waals surface area contributed by atoms with Crippen LogP contribution in [0.1, 0.15) is 31.0 Å². The molecule has 3 heterocycles. The Morgan fingerprint density at radius 2 is 2.29 bits per heavy atom. The third-order valence-corrected chi connectivity index (χ3v) is 4.30. The maximum Gasteiger partial charge on any atom is 0.196 e. The summed E-state index contributed by atoms with van der Waals surface area (Å²) in [5, 5.41) is 18.8. The SMILES string of the molecule is CCN(C)c1c(C#N)cnn1-c1nn2c(c1Cl)CCCC2. The van der Waals surface area contributed by atoms with Gasteiger partial charge in [-0.1, -0.05) is 11.6 Å². The molecule has 0 N–H and O–H groups in total. The molecule has 2 aromatic rings. The monoisotopic (exact) mass is 304 g/mol. The van der Waals surface area contributed by atoms with Crippen molar-refractivity contribution in [3.05, 3.63) is 22.5 Å². The van der Waals surface area contributed by atoms with Gasteiger partial charge in [0.05, 0.1) is 11.9 Å². The zero-order valence-electron chi connectivity index (χ0n) is 12.2. The fourth-order valence-corrected chi connectivity index (χ4v) is 2.98. The Labute approximate surface area is 128 Å². The van der Waals surface area contributed by atoms with Crippen molar-refractivity contribution in [3.8, 4) is 11.9 Å². The average molecular weight is 305 g/mol. The van der Waals surface area contributed by atoms with E-state index in [0.29, 0.717) is 16.4 Å². The lowest BCUT2D eigenvalue weighted by molar-refractivity contribution is 0.484. The number of halogens is 1. The second-order valence-corrected chi connectivity index (χ2v) is 5.56. The first-order valence-electron chi connectivity index (χ1n) is 7.12. The van der Waals surface area contributed by atoms with Crippen LogP contribution < -0.4 is 4.90 Å². The number of nitriles is 1. The molecule has 0 unspecified atom stereocenters. The van der Waals surface area contributed by atoms with Crippen LogP contribution >= 0.6 is 11.6 Å². The fraction of sp³-hybridized carbons (Fsp3) is 0.500. The van der Waals surface area contributed by atoms with Crippen LogP contribution in [0.5, 0.6) is 0 Å². The first-order valence-corrected chi connectivity index (χ1v) is 7.50. The molecule has 3 rings (SSSR count). The molecule has 0 aliphatic carbocycles. The van der Waals surface area contributed by atoms with Gasteiger partial charge >= 0.3 is 0 Å². The van der Waals surface area contributed by atoms with Gasteiger partial charge in [0.25, 0.3) is 0 Å². The maximum absolute atomic E-state index is 9.27. The normalized spacial score (nSPS) is 13.8. The number of aromatic nitrogens is 4. The zero-order valence-corrected chi connectivity index (χ0v) is 12.9. The second kappa shape index (κ2) is 5.41. The Hall–Kier alpha value is -2.00. The molecule has 0 radical (unpaired) electrons. The number of fused-ring (bicyclic) bond motifs is 1. The molecule has 0 aromatic carbocycles. The third kappa shape index (κ3) is 2.18. The molecule has 6 nitrogen and oxygen atoms in total. The Morgan fingerprint density at radius 1 is 1.48 bits per heavy atom. The number of anilines is 1. The van der Waals surface area contributed by atoms with Gasteiger partial charge in [-0.2, -0.15) is 20.1 Å². The van der Waals surface area contributed by atoms with E-state index in [1.807, 2.05) is 23.6 Å². The van der Waals surface area contributed by atoms with Gasteiger partial charge in [0.2, 0.25) is 0 Å². The van der Waals surface area contributed by atoms with E-state index in [4.69, 9.17) is 11.6 Å². The Balaban J connectivity index is 2.15. The van der Waals surface area contributed by atoms with E-state index >= 15 is 0 Å². The minimum absolute atomic E-state index is 0.529. The zero-order chi connectivity index (χ0) is 15.0. The quantitative estimate of drug-likeness (QED) is 0.873. The number of aryl methyl sites for hydroxylation is 1. The summed E-state index contributed by atoms with van der Waals surface area (Å²) in [5.74, 6) is 1.35. The van der Waals surface area contributed by atoms with Gasteiger partial charge in [0.1, 0.15) is 16.7 Å². The molecule has 0 amide bonds. The van der Waals surface area contributed by atoms with Crippen molar-refractivity contribution < 1.29 is 0 Å². The molecule has 7 heteroatoms. The fourth-order valence-electron chi connectivity index (χ4n) is 2.67. The first kappa shape index (κ1) is 14.0.